The minimum absolute atomic E-state index is 0.105. The molecular weight excluding hydrogens is 407 g/mol. The number of H-pyrrole nitrogens is 1. The van der Waals surface area contributed by atoms with Crippen LogP contribution >= 0.6 is 0 Å². The summed E-state index contributed by atoms with van der Waals surface area (Å²) in [4.78, 5) is 14.6. The van der Waals surface area contributed by atoms with Gasteiger partial charge in [-0.1, -0.05) is 30.3 Å². The van der Waals surface area contributed by atoms with Crippen LogP contribution in [0.4, 0.5) is 13.2 Å². The molecule has 31 heavy (non-hydrogen) atoms. The van der Waals surface area contributed by atoms with Crippen LogP contribution in [-0.4, -0.2) is 21.2 Å². The van der Waals surface area contributed by atoms with E-state index in [1.165, 1.54) is 24.3 Å². The number of halogens is 3. The Labute approximate surface area is 174 Å². The smallest absolute Gasteiger partial charge is 0.417 e. The van der Waals surface area contributed by atoms with Crippen LogP contribution in [0.5, 0.6) is 5.75 Å². The Hall–Kier alpha value is -3.74. The van der Waals surface area contributed by atoms with Crippen molar-refractivity contribution >= 4 is 16.9 Å². The van der Waals surface area contributed by atoms with Crippen molar-refractivity contribution < 1.29 is 28.2 Å². The van der Waals surface area contributed by atoms with Crippen molar-refractivity contribution in [3.8, 4) is 28.1 Å². The van der Waals surface area contributed by atoms with E-state index in [4.69, 9.17) is 0 Å². The van der Waals surface area contributed by atoms with Crippen molar-refractivity contribution in [2.75, 3.05) is 0 Å². The molecule has 1 aliphatic rings. The third-order valence-electron chi connectivity index (χ3n) is 5.82. The molecule has 0 unspecified atom stereocenters. The molecule has 5 rings (SSSR count). The lowest BCUT2D eigenvalue weighted by molar-refractivity contribution is -0.137. The second-order valence-corrected chi connectivity index (χ2v) is 7.61. The molecule has 0 aliphatic heterocycles. The van der Waals surface area contributed by atoms with Gasteiger partial charge < -0.3 is 15.2 Å². The number of carbonyl (C=O) groups is 1. The first-order valence-corrected chi connectivity index (χ1v) is 9.65. The van der Waals surface area contributed by atoms with E-state index in [-0.39, 0.29) is 16.9 Å². The number of phenols is 1. The molecule has 4 nitrogen and oxygen atoms in total. The maximum absolute atomic E-state index is 13.5. The number of aromatic hydroxyl groups is 1. The molecule has 1 aromatic heterocycles. The van der Waals surface area contributed by atoms with Gasteiger partial charge in [-0.15, -0.1) is 0 Å². The summed E-state index contributed by atoms with van der Waals surface area (Å²) in [5.74, 6) is -1.52. The van der Waals surface area contributed by atoms with Crippen molar-refractivity contribution in [3.05, 3.63) is 76.9 Å². The predicted molar refractivity (Wildman–Crippen MR) is 110 cm³/mol. The maximum Gasteiger partial charge on any atom is 0.417 e. The van der Waals surface area contributed by atoms with E-state index in [0.717, 1.165) is 28.3 Å². The van der Waals surface area contributed by atoms with Gasteiger partial charge in [-0.2, -0.15) is 13.2 Å². The lowest BCUT2D eigenvalue weighted by atomic mass is 9.87. The SMILES string of the molecule is O=C(O)c1cc2c(cc1O)-c1[nH]c3cc(-c4ccccc4C(F)(F)F)ccc3c1CC2. The molecule has 0 radical (unpaired) electrons. The third-order valence-corrected chi connectivity index (χ3v) is 5.82. The highest BCUT2D eigenvalue weighted by Crippen LogP contribution is 2.42. The van der Waals surface area contributed by atoms with Crippen molar-refractivity contribution in [1.29, 1.82) is 0 Å². The normalized spacial score (nSPS) is 13.1. The van der Waals surface area contributed by atoms with Crippen LogP contribution in [0.1, 0.15) is 27.0 Å². The summed E-state index contributed by atoms with van der Waals surface area (Å²) in [7, 11) is 0. The van der Waals surface area contributed by atoms with Crippen molar-refractivity contribution in [2.24, 2.45) is 0 Å². The standard InChI is InChI=1S/C24H16F3NO3/c25-24(26,27)19-4-2-1-3-14(19)13-5-7-15-16-8-6-12-9-18(23(30)31)21(29)11-17(12)22(16)28-20(15)10-13/h1-5,7,9-11,28-29H,6,8H2,(H,30,31). The van der Waals surface area contributed by atoms with Crippen LogP contribution in [0.3, 0.4) is 0 Å². The van der Waals surface area contributed by atoms with Crippen molar-refractivity contribution in [1.82, 2.24) is 4.98 Å². The van der Waals surface area contributed by atoms with Gasteiger partial charge in [0, 0.05) is 16.5 Å². The minimum atomic E-state index is -4.46. The van der Waals surface area contributed by atoms with Crippen LogP contribution in [0.2, 0.25) is 0 Å². The fraction of sp³-hybridized carbons (Fsp3) is 0.125. The van der Waals surface area contributed by atoms with E-state index in [1.54, 1.807) is 18.2 Å². The predicted octanol–water partition coefficient (Wildman–Crippen LogP) is 6.02. The quantitative estimate of drug-likeness (QED) is 0.369. The largest absolute Gasteiger partial charge is 0.507 e. The Balaban J connectivity index is 1.67. The summed E-state index contributed by atoms with van der Waals surface area (Å²) in [6, 6.07) is 13.6. The Morgan fingerprint density at radius 1 is 0.968 bits per heavy atom. The van der Waals surface area contributed by atoms with E-state index in [2.05, 4.69) is 4.98 Å². The summed E-state index contributed by atoms with van der Waals surface area (Å²) >= 11 is 0. The molecule has 1 heterocycles. The van der Waals surface area contributed by atoms with Crippen molar-refractivity contribution in [3.63, 3.8) is 0 Å². The number of aromatic carboxylic acids is 1. The number of fused-ring (bicyclic) bond motifs is 5. The van der Waals surface area contributed by atoms with Gasteiger partial charge in [0.15, 0.2) is 0 Å². The number of carboxylic acid groups (broad SMARTS) is 1. The molecule has 3 aromatic carbocycles. The van der Waals surface area contributed by atoms with E-state index < -0.39 is 17.7 Å². The minimum Gasteiger partial charge on any atom is -0.507 e. The first-order chi connectivity index (χ1) is 14.7. The molecular formula is C24H16F3NO3. The number of hydrogen-bond acceptors (Lipinski definition) is 2. The number of rotatable bonds is 2. The topological polar surface area (TPSA) is 73.3 Å². The highest BCUT2D eigenvalue weighted by molar-refractivity contribution is 5.97. The first-order valence-electron chi connectivity index (χ1n) is 9.65. The molecule has 0 amide bonds. The number of hydrogen-bond donors (Lipinski definition) is 3. The molecule has 0 spiro atoms. The molecule has 4 aromatic rings. The Kier molecular flexibility index (Phi) is 4.12. The van der Waals surface area contributed by atoms with Gasteiger partial charge in [0.25, 0.3) is 0 Å². The molecule has 0 atom stereocenters. The summed E-state index contributed by atoms with van der Waals surface area (Å²) in [5.41, 5.74) is 3.66. The monoisotopic (exact) mass is 423 g/mol. The molecule has 0 saturated carbocycles. The lowest BCUT2D eigenvalue weighted by Crippen LogP contribution is -2.06. The Morgan fingerprint density at radius 2 is 1.74 bits per heavy atom. The molecule has 0 fully saturated rings. The van der Waals surface area contributed by atoms with Crippen LogP contribution in [0.25, 0.3) is 33.3 Å². The zero-order valence-corrected chi connectivity index (χ0v) is 16.0. The molecule has 0 bridgehead atoms. The third kappa shape index (κ3) is 3.04. The average molecular weight is 423 g/mol. The molecule has 3 N–H and O–H groups in total. The Morgan fingerprint density at radius 3 is 2.48 bits per heavy atom. The highest BCUT2D eigenvalue weighted by atomic mass is 19.4. The lowest BCUT2D eigenvalue weighted by Gasteiger charge is -2.18. The zero-order chi connectivity index (χ0) is 21.9. The van der Waals surface area contributed by atoms with E-state index in [1.807, 2.05) is 6.07 Å². The van der Waals surface area contributed by atoms with Gasteiger partial charge in [-0.05, 0) is 59.4 Å². The summed E-state index contributed by atoms with van der Waals surface area (Å²) in [6.45, 7) is 0. The summed E-state index contributed by atoms with van der Waals surface area (Å²) in [6.07, 6.45) is -3.20. The van der Waals surface area contributed by atoms with Gasteiger partial charge in [-0.25, -0.2) is 4.79 Å². The van der Waals surface area contributed by atoms with Gasteiger partial charge in [0.1, 0.15) is 11.3 Å². The number of aryl methyl sites for hydroxylation is 2. The van der Waals surface area contributed by atoms with E-state index >= 15 is 0 Å². The first kappa shape index (κ1) is 19.2. The molecule has 7 heteroatoms. The summed E-state index contributed by atoms with van der Waals surface area (Å²) in [5, 5.41) is 20.3. The molecule has 156 valence electrons. The molecule has 1 aliphatic carbocycles. The van der Waals surface area contributed by atoms with Crippen molar-refractivity contribution in [2.45, 2.75) is 19.0 Å². The fourth-order valence-corrected chi connectivity index (χ4v) is 4.40. The van der Waals surface area contributed by atoms with Crippen LogP contribution in [0.15, 0.2) is 54.6 Å². The van der Waals surface area contributed by atoms with E-state index in [9.17, 15) is 28.2 Å². The van der Waals surface area contributed by atoms with Gasteiger partial charge in [-0.3, -0.25) is 0 Å². The van der Waals surface area contributed by atoms with Gasteiger partial charge in [0.05, 0.1) is 11.3 Å². The number of aromatic amines is 1. The Bertz CT molecular complexity index is 1370. The van der Waals surface area contributed by atoms with E-state index in [0.29, 0.717) is 29.5 Å². The number of aromatic nitrogens is 1. The molecule has 0 saturated heterocycles. The van der Waals surface area contributed by atoms with Crippen LogP contribution < -0.4 is 0 Å². The summed E-state index contributed by atoms with van der Waals surface area (Å²) < 4.78 is 40.4. The average Bonchev–Trinajstić information content (AvgIpc) is 3.11. The second kappa shape index (κ2) is 6.63. The number of alkyl halides is 3. The van der Waals surface area contributed by atoms with Gasteiger partial charge in [0.2, 0.25) is 0 Å². The van der Waals surface area contributed by atoms with Crippen LogP contribution in [-0.2, 0) is 19.0 Å². The highest BCUT2D eigenvalue weighted by Gasteiger charge is 2.33. The zero-order valence-electron chi connectivity index (χ0n) is 16.0. The maximum atomic E-state index is 13.5. The number of nitrogens with one attached hydrogen (secondary N) is 1. The van der Waals surface area contributed by atoms with Crippen LogP contribution in [0, 0.1) is 0 Å². The number of carboxylic acids is 1. The number of benzene rings is 3. The van der Waals surface area contributed by atoms with Gasteiger partial charge >= 0.3 is 12.1 Å². The second-order valence-electron chi connectivity index (χ2n) is 7.61. The fourth-order valence-electron chi connectivity index (χ4n) is 4.40.